The smallest absolute Gasteiger partial charge is 0.193 e. The van der Waals surface area contributed by atoms with Gasteiger partial charge in [-0.25, -0.2) is 4.99 Å². The minimum atomic E-state index is 0.382. The van der Waals surface area contributed by atoms with Gasteiger partial charge in [-0.3, -0.25) is 0 Å². The summed E-state index contributed by atoms with van der Waals surface area (Å²) in [6.45, 7) is 0.541. The summed E-state index contributed by atoms with van der Waals surface area (Å²) < 4.78 is 5.93. The topological polar surface area (TPSA) is 71.7 Å². The molecular formula is C20H18N4O. The summed E-state index contributed by atoms with van der Waals surface area (Å²) in [6, 6.07) is 23.6. The van der Waals surface area contributed by atoms with E-state index in [2.05, 4.69) is 21.7 Å². The van der Waals surface area contributed by atoms with E-state index in [9.17, 15) is 0 Å². The molecule has 124 valence electrons. The van der Waals surface area contributed by atoms with Crippen LogP contribution in [0.3, 0.4) is 0 Å². The zero-order valence-corrected chi connectivity index (χ0v) is 13.6. The lowest BCUT2D eigenvalue weighted by molar-refractivity contribution is 0.483. The second-order valence-electron chi connectivity index (χ2n) is 5.77. The number of rotatable bonds is 2. The largest absolute Gasteiger partial charge is 0.457 e. The van der Waals surface area contributed by atoms with Gasteiger partial charge >= 0.3 is 0 Å². The van der Waals surface area contributed by atoms with Crippen molar-refractivity contribution in [3.63, 3.8) is 0 Å². The van der Waals surface area contributed by atoms with Gasteiger partial charge in [-0.2, -0.15) is 0 Å². The van der Waals surface area contributed by atoms with Gasteiger partial charge in [0.1, 0.15) is 11.5 Å². The van der Waals surface area contributed by atoms with Crippen LogP contribution >= 0.6 is 0 Å². The first-order valence-corrected chi connectivity index (χ1v) is 8.06. The average Bonchev–Trinajstić information content (AvgIpc) is 2.63. The molecule has 3 aromatic rings. The Morgan fingerprint density at radius 1 is 0.800 bits per heavy atom. The lowest BCUT2D eigenvalue weighted by Gasteiger charge is -2.17. The van der Waals surface area contributed by atoms with Crippen molar-refractivity contribution in [3.8, 4) is 11.5 Å². The number of hydrogen-bond donors (Lipinski definition) is 3. The molecule has 1 heterocycles. The minimum Gasteiger partial charge on any atom is -0.457 e. The molecule has 4 N–H and O–H groups in total. The molecule has 4 rings (SSSR count). The van der Waals surface area contributed by atoms with Crippen LogP contribution in [0.2, 0.25) is 0 Å². The molecule has 0 atom stereocenters. The predicted molar refractivity (Wildman–Crippen MR) is 102 cm³/mol. The third-order valence-corrected chi connectivity index (χ3v) is 3.87. The summed E-state index contributed by atoms with van der Waals surface area (Å²) in [7, 11) is 0. The van der Waals surface area contributed by atoms with Crippen molar-refractivity contribution in [1.82, 2.24) is 0 Å². The fraction of sp³-hybridized carbons (Fsp3) is 0.0500. The lowest BCUT2D eigenvalue weighted by Crippen LogP contribution is -2.23. The average molecular weight is 330 g/mol. The highest BCUT2D eigenvalue weighted by Gasteiger charge is 2.09. The number of nitrogens with zero attached hydrogens (tertiary/aromatic N) is 1. The van der Waals surface area contributed by atoms with Crippen molar-refractivity contribution in [2.45, 2.75) is 6.54 Å². The second-order valence-corrected chi connectivity index (χ2v) is 5.77. The maximum atomic E-state index is 5.98. The van der Waals surface area contributed by atoms with Gasteiger partial charge in [-0.15, -0.1) is 0 Å². The standard InChI is InChI=1S/C20H18N4O/c21-20-22-13-14-5-4-6-15(11-14)23-19-12-17(9-10-18(19)24-20)25-16-7-2-1-3-8-16/h1-12,23H,13H2,(H3,21,22,24). The fourth-order valence-electron chi connectivity index (χ4n) is 2.68. The van der Waals surface area contributed by atoms with Crippen molar-refractivity contribution in [3.05, 3.63) is 78.4 Å². The van der Waals surface area contributed by atoms with Crippen molar-refractivity contribution >= 4 is 23.0 Å². The molecule has 1 aliphatic heterocycles. The Morgan fingerprint density at radius 3 is 2.56 bits per heavy atom. The summed E-state index contributed by atoms with van der Waals surface area (Å²) >= 11 is 0. The minimum absolute atomic E-state index is 0.382. The quantitative estimate of drug-likeness (QED) is 0.648. The Labute approximate surface area is 146 Å². The van der Waals surface area contributed by atoms with Crippen LogP contribution in [0.5, 0.6) is 11.5 Å². The number of ether oxygens (including phenoxy) is 1. The van der Waals surface area contributed by atoms with Gasteiger partial charge in [-0.1, -0.05) is 30.3 Å². The van der Waals surface area contributed by atoms with E-state index in [1.54, 1.807) is 0 Å². The number of nitrogens with one attached hydrogen (secondary N) is 2. The number of fused-ring (bicyclic) bond motifs is 3. The van der Waals surface area contributed by atoms with Crippen LogP contribution in [0, 0.1) is 0 Å². The van der Waals surface area contributed by atoms with Gasteiger partial charge < -0.3 is 21.1 Å². The molecule has 0 saturated heterocycles. The summed E-state index contributed by atoms with van der Waals surface area (Å²) in [5.41, 5.74) is 9.78. The van der Waals surface area contributed by atoms with Crippen LogP contribution in [0.1, 0.15) is 5.56 Å². The van der Waals surface area contributed by atoms with E-state index in [-0.39, 0.29) is 0 Å². The monoisotopic (exact) mass is 330 g/mol. The highest BCUT2D eigenvalue weighted by Crippen LogP contribution is 2.32. The molecule has 0 aliphatic carbocycles. The normalized spacial score (nSPS) is 12.9. The third kappa shape index (κ3) is 3.55. The van der Waals surface area contributed by atoms with Gasteiger partial charge in [0.05, 0.1) is 17.9 Å². The molecular weight excluding hydrogens is 312 g/mol. The Morgan fingerprint density at radius 2 is 1.68 bits per heavy atom. The Kier molecular flexibility index (Phi) is 3.96. The molecule has 1 aliphatic rings. The molecule has 0 spiro atoms. The molecule has 0 saturated carbocycles. The predicted octanol–water partition coefficient (Wildman–Crippen LogP) is 4.46. The molecule has 0 fully saturated rings. The molecule has 5 nitrogen and oxygen atoms in total. The van der Waals surface area contributed by atoms with Gasteiger partial charge in [-0.05, 0) is 42.0 Å². The van der Waals surface area contributed by atoms with E-state index >= 15 is 0 Å². The number of para-hydroxylation sites is 1. The molecule has 3 aromatic carbocycles. The molecule has 0 unspecified atom stereocenters. The molecule has 25 heavy (non-hydrogen) atoms. The number of benzene rings is 3. The van der Waals surface area contributed by atoms with Gasteiger partial charge in [0.25, 0.3) is 0 Å². The number of guanidine groups is 1. The van der Waals surface area contributed by atoms with Crippen LogP contribution in [-0.2, 0) is 6.54 Å². The second kappa shape index (κ2) is 6.57. The summed E-state index contributed by atoms with van der Waals surface area (Å²) in [4.78, 5) is 4.37. The van der Waals surface area contributed by atoms with Crippen molar-refractivity contribution < 1.29 is 4.74 Å². The zero-order chi connectivity index (χ0) is 17.1. The number of hydrogen-bond acceptors (Lipinski definition) is 5. The number of aliphatic imine (C=N–C) groups is 1. The zero-order valence-electron chi connectivity index (χ0n) is 13.6. The highest BCUT2D eigenvalue weighted by atomic mass is 16.5. The fourth-order valence-corrected chi connectivity index (χ4v) is 2.68. The Hall–Kier alpha value is -3.47. The highest BCUT2D eigenvalue weighted by molar-refractivity contribution is 5.96. The SMILES string of the molecule is NC1=NCc2cccc(c2)Nc2cc(Oc3ccccc3)ccc2N1. The number of anilines is 3. The first kappa shape index (κ1) is 15.1. The molecule has 0 radical (unpaired) electrons. The van der Waals surface area contributed by atoms with Gasteiger partial charge in [0, 0.05) is 11.8 Å². The molecule has 0 amide bonds. The van der Waals surface area contributed by atoms with Crippen LogP contribution in [0.4, 0.5) is 17.1 Å². The van der Waals surface area contributed by atoms with Crippen LogP contribution in [-0.4, -0.2) is 5.96 Å². The van der Waals surface area contributed by atoms with E-state index < -0.39 is 0 Å². The molecule has 0 aromatic heterocycles. The summed E-state index contributed by atoms with van der Waals surface area (Å²) in [5, 5.41) is 6.57. The van der Waals surface area contributed by atoms with E-state index in [4.69, 9.17) is 10.5 Å². The lowest BCUT2D eigenvalue weighted by atomic mass is 10.1. The summed E-state index contributed by atoms with van der Waals surface area (Å²) in [5.74, 6) is 1.91. The first-order valence-electron chi connectivity index (χ1n) is 8.06. The van der Waals surface area contributed by atoms with Crippen molar-refractivity contribution in [2.24, 2.45) is 10.7 Å². The van der Waals surface area contributed by atoms with E-state index in [0.29, 0.717) is 12.5 Å². The van der Waals surface area contributed by atoms with E-state index in [1.807, 2.05) is 66.7 Å². The Balaban J connectivity index is 1.71. The van der Waals surface area contributed by atoms with Crippen LogP contribution < -0.4 is 21.1 Å². The van der Waals surface area contributed by atoms with Crippen LogP contribution in [0.25, 0.3) is 0 Å². The Bertz CT molecular complexity index is 922. The molecule has 5 heteroatoms. The van der Waals surface area contributed by atoms with Crippen molar-refractivity contribution in [2.75, 3.05) is 10.6 Å². The maximum absolute atomic E-state index is 5.98. The van der Waals surface area contributed by atoms with Gasteiger partial charge in [0.15, 0.2) is 5.96 Å². The molecule has 2 bridgehead atoms. The van der Waals surface area contributed by atoms with Crippen molar-refractivity contribution in [1.29, 1.82) is 0 Å². The number of nitrogens with two attached hydrogens (primary N) is 1. The third-order valence-electron chi connectivity index (χ3n) is 3.87. The van der Waals surface area contributed by atoms with E-state index in [1.165, 1.54) is 0 Å². The summed E-state index contributed by atoms with van der Waals surface area (Å²) in [6.07, 6.45) is 0. The first-order chi connectivity index (χ1) is 12.3. The van der Waals surface area contributed by atoms with Crippen LogP contribution in [0.15, 0.2) is 77.8 Å². The maximum Gasteiger partial charge on any atom is 0.193 e. The van der Waals surface area contributed by atoms with Gasteiger partial charge in [0.2, 0.25) is 0 Å². The van der Waals surface area contributed by atoms with E-state index in [0.717, 1.165) is 34.1 Å².